The van der Waals surface area contributed by atoms with E-state index in [9.17, 15) is 0 Å². The zero-order chi connectivity index (χ0) is 7.56. The number of hydrogen-bond donors (Lipinski definition) is 1. The predicted octanol–water partition coefficient (Wildman–Crippen LogP) is 0.796. The van der Waals surface area contributed by atoms with Crippen molar-refractivity contribution in [1.29, 1.82) is 0 Å². The van der Waals surface area contributed by atoms with E-state index in [1.165, 1.54) is 11.0 Å². The molecule has 0 fully saturated rings. The van der Waals surface area contributed by atoms with Gasteiger partial charge >= 0.3 is 0 Å². The molecule has 0 spiro atoms. The van der Waals surface area contributed by atoms with Gasteiger partial charge in [0.05, 0.1) is 0 Å². The first-order valence-electron chi connectivity index (χ1n) is 3.53. The second kappa shape index (κ2) is 3.15. The van der Waals surface area contributed by atoms with Crippen LogP contribution in [0, 0.1) is 0 Å². The van der Waals surface area contributed by atoms with Crippen LogP contribution in [0.15, 0.2) is 23.1 Å². The molecule has 0 nitrogen and oxygen atoms in total. The maximum absolute atomic E-state index is 4.35. The van der Waals surface area contributed by atoms with E-state index in [0.717, 1.165) is 11.3 Å². The molecular formula is C8H11BS. The molecule has 1 aromatic rings. The van der Waals surface area contributed by atoms with Gasteiger partial charge in [-0.3, -0.25) is 0 Å². The maximum Gasteiger partial charge on any atom is 0.139 e. The Morgan fingerprint density at radius 3 is 2.60 bits per heavy atom. The highest BCUT2D eigenvalue weighted by molar-refractivity contribution is 7.80. The van der Waals surface area contributed by atoms with Crippen molar-refractivity contribution >= 4 is 25.9 Å². The molecule has 0 unspecified atom stereocenters. The molecule has 2 heteroatoms. The Kier molecular flexibility index (Phi) is 2.44. The molecule has 0 saturated heterocycles. The Balaban J connectivity index is 3.17. The maximum atomic E-state index is 4.35. The lowest BCUT2D eigenvalue weighted by atomic mass is 9.89. The van der Waals surface area contributed by atoms with Gasteiger partial charge in [0.25, 0.3) is 0 Å². The lowest BCUT2D eigenvalue weighted by molar-refractivity contribution is 1.10. The van der Waals surface area contributed by atoms with Crippen LogP contribution in [-0.2, 0) is 6.42 Å². The summed E-state index contributed by atoms with van der Waals surface area (Å²) in [6.07, 6.45) is 1.07. The van der Waals surface area contributed by atoms with E-state index >= 15 is 0 Å². The topological polar surface area (TPSA) is 0 Å². The highest BCUT2D eigenvalue weighted by Gasteiger charge is 1.97. The van der Waals surface area contributed by atoms with Crippen molar-refractivity contribution in [3.05, 3.63) is 23.8 Å². The fraction of sp³-hybridized carbons (Fsp3) is 0.250. The summed E-state index contributed by atoms with van der Waals surface area (Å²) in [7, 11) is 2.12. The van der Waals surface area contributed by atoms with Gasteiger partial charge < -0.3 is 0 Å². The van der Waals surface area contributed by atoms with Crippen LogP contribution in [0.25, 0.3) is 0 Å². The predicted molar refractivity (Wildman–Crippen MR) is 51.3 cm³/mol. The lowest BCUT2D eigenvalue weighted by Crippen LogP contribution is -2.09. The fourth-order valence-corrected chi connectivity index (χ4v) is 1.57. The van der Waals surface area contributed by atoms with Crippen molar-refractivity contribution in [2.75, 3.05) is 0 Å². The van der Waals surface area contributed by atoms with Gasteiger partial charge in [-0.25, -0.2) is 0 Å². The molecule has 0 aliphatic heterocycles. The van der Waals surface area contributed by atoms with Gasteiger partial charge in [0.15, 0.2) is 0 Å². The van der Waals surface area contributed by atoms with Crippen molar-refractivity contribution in [3.8, 4) is 0 Å². The summed E-state index contributed by atoms with van der Waals surface area (Å²) in [6.45, 7) is 2.15. The Morgan fingerprint density at radius 1 is 1.50 bits per heavy atom. The standard InChI is InChI=1S/C8H11BS/c1-2-6-7(9)4-3-5-8(6)10/h3-5,10H,2,9H2,1H3. The third-order valence-electron chi connectivity index (χ3n) is 1.74. The van der Waals surface area contributed by atoms with Crippen molar-refractivity contribution in [2.45, 2.75) is 18.2 Å². The quantitative estimate of drug-likeness (QED) is 0.444. The highest BCUT2D eigenvalue weighted by Crippen LogP contribution is 2.10. The van der Waals surface area contributed by atoms with Crippen LogP contribution in [0.3, 0.4) is 0 Å². The first kappa shape index (κ1) is 7.74. The molecule has 0 radical (unpaired) electrons. The minimum atomic E-state index is 1.07. The molecule has 1 aromatic carbocycles. The van der Waals surface area contributed by atoms with Crippen LogP contribution in [0.2, 0.25) is 0 Å². The summed E-state index contributed by atoms with van der Waals surface area (Å²) in [5.41, 5.74) is 2.71. The second-order valence-corrected chi connectivity index (χ2v) is 2.91. The van der Waals surface area contributed by atoms with E-state index < -0.39 is 0 Å². The van der Waals surface area contributed by atoms with Crippen molar-refractivity contribution in [1.82, 2.24) is 0 Å². The Morgan fingerprint density at radius 2 is 2.20 bits per heavy atom. The summed E-state index contributed by atoms with van der Waals surface area (Å²) in [5, 5.41) is 0. The van der Waals surface area contributed by atoms with Crippen LogP contribution in [0.5, 0.6) is 0 Å². The van der Waals surface area contributed by atoms with Gasteiger partial charge in [-0.05, 0) is 18.1 Å². The number of thiol groups is 1. The Hall–Kier alpha value is -0.365. The van der Waals surface area contributed by atoms with Crippen molar-refractivity contribution < 1.29 is 0 Å². The molecule has 1 rings (SSSR count). The third-order valence-corrected chi connectivity index (χ3v) is 2.16. The van der Waals surface area contributed by atoms with Gasteiger partial charge in [-0.2, -0.15) is 0 Å². The van der Waals surface area contributed by atoms with Gasteiger partial charge in [0.2, 0.25) is 0 Å². The molecule has 52 valence electrons. The van der Waals surface area contributed by atoms with E-state index in [2.05, 4.69) is 33.5 Å². The summed E-state index contributed by atoms with van der Waals surface area (Å²) in [4.78, 5) is 1.11. The second-order valence-electron chi connectivity index (χ2n) is 2.43. The van der Waals surface area contributed by atoms with Crippen molar-refractivity contribution in [2.24, 2.45) is 0 Å². The lowest BCUT2D eigenvalue weighted by Gasteiger charge is -2.04. The Labute approximate surface area is 68.5 Å². The van der Waals surface area contributed by atoms with E-state index in [-0.39, 0.29) is 0 Å². The van der Waals surface area contributed by atoms with E-state index in [0.29, 0.717) is 0 Å². The summed E-state index contributed by atoms with van der Waals surface area (Å²) in [6, 6.07) is 6.20. The van der Waals surface area contributed by atoms with Gasteiger partial charge in [-0.15, -0.1) is 12.6 Å². The molecule has 0 atom stereocenters. The first-order valence-corrected chi connectivity index (χ1v) is 3.98. The van der Waals surface area contributed by atoms with Crippen molar-refractivity contribution in [3.63, 3.8) is 0 Å². The number of rotatable bonds is 1. The van der Waals surface area contributed by atoms with Gasteiger partial charge in [0, 0.05) is 4.90 Å². The molecule has 0 aliphatic rings. The molecule has 0 aliphatic carbocycles. The van der Waals surface area contributed by atoms with E-state index in [4.69, 9.17) is 0 Å². The zero-order valence-electron chi connectivity index (χ0n) is 6.39. The zero-order valence-corrected chi connectivity index (χ0v) is 7.28. The molecule has 0 saturated carbocycles. The summed E-state index contributed by atoms with van der Waals surface area (Å²) < 4.78 is 0. The molecule has 0 aromatic heterocycles. The third kappa shape index (κ3) is 1.37. The van der Waals surface area contributed by atoms with Crippen LogP contribution in [0.4, 0.5) is 0 Å². The van der Waals surface area contributed by atoms with Gasteiger partial charge in [-0.1, -0.05) is 24.5 Å². The van der Waals surface area contributed by atoms with Crippen LogP contribution < -0.4 is 5.46 Å². The monoisotopic (exact) mass is 150 g/mol. The summed E-state index contributed by atoms with van der Waals surface area (Å²) >= 11 is 4.35. The highest BCUT2D eigenvalue weighted by atomic mass is 32.1. The normalized spacial score (nSPS) is 9.80. The number of hydrogen-bond acceptors (Lipinski definition) is 1. The smallest absolute Gasteiger partial charge is 0.139 e. The number of benzene rings is 1. The molecule has 0 bridgehead atoms. The largest absolute Gasteiger partial charge is 0.143 e. The Bertz CT molecular complexity index is 212. The minimum absolute atomic E-state index is 1.07. The molecule has 0 amide bonds. The van der Waals surface area contributed by atoms with Crippen LogP contribution >= 0.6 is 12.6 Å². The minimum Gasteiger partial charge on any atom is -0.143 e. The fourth-order valence-electron chi connectivity index (χ4n) is 1.15. The van der Waals surface area contributed by atoms with Crippen LogP contribution in [0.1, 0.15) is 12.5 Å². The van der Waals surface area contributed by atoms with E-state index in [1.807, 2.05) is 12.1 Å². The average molecular weight is 150 g/mol. The first-order chi connectivity index (χ1) is 4.75. The van der Waals surface area contributed by atoms with E-state index in [1.54, 1.807) is 0 Å². The average Bonchev–Trinajstić information content (AvgIpc) is 1.88. The molecule has 10 heavy (non-hydrogen) atoms. The van der Waals surface area contributed by atoms with Gasteiger partial charge in [0.1, 0.15) is 7.85 Å². The summed E-state index contributed by atoms with van der Waals surface area (Å²) in [5.74, 6) is 0. The molecular weight excluding hydrogens is 139 g/mol. The van der Waals surface area contributed by atoms with Crippen LogP contribution in [-0.4, -0.2) is 7.85 Å². The molecule has 0 heterocycles. The SMILES string of the molecule is Bc1cccc(S)c1CC. The molecule has 0 N–H and O–H groups in total.